The van der Waals surface area contributed by atoms with E-state index in [1.807, 2.05) is 7.05 Å². The van der Waals surface area contributed by atoms with E-state index in [0.29, 0.717) is 25.9 Å². The molecular weight excluding hydrogens is 303 g/mol. The van der Waals surface area contributed by atoms with Gasteiger partial charge in [0.25, 0.3) is 5.91 Å². The van der Waals surface area contributed by atoms with E-state index in [2.05, 4.69) is 4.90 Å². The summed E-state index contributed by atoms with van der Waals surface area (Å²) in [6.45, 7) is 1.31. The van der Waals surface area contributed by atoms with Crippen LogP contribution in [0.25, 0.3) is 0 Å². The number of ether oxygens (including phenoxy) is 1. The van der Waals surface area contributed by atoms with Crippen LogP contribution in [0, 0.1) is 5.82 Å². The van der Waals surface area contributed by atoms with E-state index in [-0.39, 0.29) is 12.2 Å². The molecule has 1 amide bonds. The maximum absolute atomic E-state index is 14.0. The maximum atomic E-state index is 14.0. The van der Waals surface area contributed by atoms with Crippen LogP contribution in [0.15, 0.2) is 24.3 Å². The molecule has 0 bridgehead atoms. The minimum absolute atomic E-state index is 0.0702. The molecule has 1 spiro atoms. The van der Waals surface area contributed by atoms with Crippen LogP contribution in [0.4, 0.5) is 4.39 Å². The molecule has 2 saturated heterocycles. The predicted octanol–water partition coefficient (Wildman–Crippen LogP) is 1.17. The topological polar surface area (TPSA) is 70.1 Å². The Balaban J connectivity index is 1.98. The molecule has 23 heavy (non-hydrogen) atoms. The number of aliphatic carboxylic acids is 1. The number of carboxylic acid groups (broad SMARTS) is 1. The lowest BCUT2D eigenvalue weighted by Crippen LogP contribution is -2.57. The first kappa shape index (κ1) is 15.9. The molecule has 1 aromatic carbocycles. The van der Waals surface area contributed by atoms with Gasteiger partial charge in [-0.05, 0) is 19.2 Å². The highest BCUT2D eigenvalue weighted by Crippen LogP contribution is 2.38. The molecule has 0 radical (unpaired) electrons. The van der Waals surface area contributed by atoms with Gasteiger partial charge in [-0.1, -0.05) is 12.1 Å². The van der Waals surface area contributed by atoms with Crippen LogP contribution >= 0.6 is 0 Å². The third-order valence-electron chi connectivity index (χ3n) is 4.64. The Labute approximate surface area is 133 Å². The zero-order chi connectivity index (χ0) is 16.6. The third-order valence-corrected chi connectivity index (χ3v) is 4.64. The number of nitrogens with zero attached hydrogens (tertiary/aromatic N) is 2. The summed E-state index contributed by atoms with van der Waals surface area (Å²) in [4.78, 5) is 27.7. The van der Waals surface area contributed by atoms with Gasteiger partial charge in [-0.3, -0.25) is 9.69 Å². The second-order valence-corrected chi connectivity index (χ2v) is 6.07. The summed E-state index contributed by atoms with van der Waals surface area (Å²) in [6, 6.07) is 4.53. The van der Waals surface area contributed by atoms with E-state index in [0.717, 1.165) is 0 Å². The van der Waals surface area contributed by atoms with Crippen molar-refractivity contribution in [1.29, 1.82) is 0 Å². The molecule has 2 fully saturated rings. The fourth-order valence-electron chi connectivity index (χ4n) is 3.29. The summed E-state index contributed by atoms with van der Waals surface area (Å²) in [5.74, 6) is -2.42. The summed E-state index contributed by atoms with van der Waals surface area (Å²) < 4.78 is 19.8. The number of hydrogen-bond donors (Lipinski definition) is 1. The second kappa shape index (κ2) is 5.90. The molecule has 124 valence electrons. The van der Waals surface area contributed by atoms with Crippen molar-refractivity contribution >= 4 is 11.9 Å². The average Bonchev–Trinajstić information content (AvgIpc) is 2.90. The molecule has 0 aliphatic carbocycles. The molecule has 1 atom stereocenters. The Bertz CT molecular complexity index is 628. The van der Waals surface area contributed by atoms with Crippen molar-refractivity contribution in [1.82, 2.24) is 9.80 Å². The first-order valence-corrected chi connectivity index (χ1v) is 7.58. The van der Waals surface area contributed by atoms with Gasteiger partial charge in [0.05, 0.1) is 12.2 Å². The fraction of sp³-hybridized carbons (Fsp3) is 0.500. The van der Waals surface area contributed by atoms with Crippen molar-refractivity contribution in [3.05, 3.63) is 35.6 Å². The fourth-order valence-corrected chi connectivity index (χ4v) is 3.29. The van der Waals surface area contributed by atoms with Gasteiger partial charge >= 0.3 is 5.97 Å². The van der Waals surface area contributed by atoms with Gasteiger partial charge in [-0.15, -0.1) is 0 Å². The van der Waals surface area contributed by atoms with E-state index < -0.39 is 29.5 Å². The average molecular weight is 322 g/mol. The number of carbonyl (C=O) groups excluding carboxylic acids is 1. The van der Waals surface area contributed by atoms with E-state index >= 15 is 0 Å². The van der Waals surface area contributed by atoms with Gasteiger partial charge in [0.2, 0.25) is 0 Å². The van der Waals surface area contributed by atoms with Crippen molar-refractivity contribution in [2.24, 2.45) is 0 Å². The quantitative estimate of drug-likeness (QED) is 0.885. The molecule has 3 rings (SSSR count). The van der Waals surface area contributed by atoms with Gasteiger partial charge in [-0.25, -0.2) is 9.18 Å². The zero-order valence-electron chi connectivity index (χ0n) is 12.9. The van der Waals surface area contributed by atoms with Gasteiger partial charge in [0.15, 0.2) is 6.04 Å². The van der Waals surface area contributed by atoms with Gasteiger partial charge in [0, 0.05) is 25.9 Å². The number of likely N-dealkylation sites (tertiary alicyclic amines) is 1. The molecule has 0 aromatic heterocycles. The summed E-state index contributed by atoms with van der Waals surface area (Å²) in [5, 5.41) is 9.44. The van der Waals surface area contributed by atoms with Crippen LogP contribution in [0.3, 0.4) is 0 Å². The Kier molecular flexibility index (Phi) is 4.08. The first-order valence-electron chi connectivity index (χ1n) is 7.58. The Morgan fingerprint density at radius 1 is 1.30 bits per heavy atom. The van der Waals surface area contributed by atoms with E-state index in [4.69, 9.17) is 4.74 Å². The van der Waals surface area contributed by atoms with E-state index in [9.17, 15) is 19.1 Å². The van der Waals surface area contributed by atoms with Crippen LogP contribution in [0.1, 0.15) is 23.2 Å². The van der Waals surface area contributed by atoms with Crippen LogP contribution in [0.2, 0.25) is 0 Å². The number of piperidine rings is 1. The molecule has 2 aliphatic rings. The Morgan fingerprint density at radius 2 is 1.96 bits per heavy atom. The predicted molar refractivity (Wildman–Crippen MR) is 79.4 cm³/mol. The van der Waals surface area contributed by atoms with Crippen molar-refractivity contribution in [3.63, 3.8) is 0 Å². The SMILES string of the molecule is CN1CCC2(CC1)OCC(C(=O)O)N2C(=O)c1ccccc1F. The molecule has 2 aliphatic heterocycles. The van der Waals surface area contributed by atoms with Crippen molar-refractivity contribution in [3.8, 4) is 0 Å². The van der Waals surface area contributed by atoms with E-state index in [1.54, 1.807) is 6.07 Å². The van der Waals surface area contributed by atoms with Gasteiger partial charge < -0.3 is 14.7 Å². The van der Waals surface area contributed by atoms with E-state index in [1.165, 1.54) is 23.1 Å². The second-order valence-electron chi connectivity index (χ2n) is 6.07. The minimum atomic E-state index is -1.13. The zero-order valence-corrected chi connectivity index (χ0v) is 12.9. The maximum Gasteiger partial charge on any atom is 0.328 e. The smallest absolute Gasteiger partial charge is 0.328 e. The number of hydrogen-bond acceptors (Lipinski definition) is 4. The molecule has 0 saturated carbocycles. The Morgan fingerprint density at radius 3 is 2.57 bits per heavy atom. The molecule has 6 nitrogen and oxygen atoms in total. The largest absolute Gasteiger partial charge is 0.480 e. The number of halogens is 1. The lowest BCUT2D eigenvalue weighted by Gasteiger charge is -2.43. The van der Waals surface area contributed by atoms with Crippen LogP contribution < -0.4 is 0 Å². The summed E-state index contributed by atoms with van der Waals surface area (Å²) >= 11 is 0. The van der Waals surface area contributed by atoms with Gasteiger partial charge in [0.1, 0.15) is 11.5 Å². The van der Waals surface area contributed by atoms with Crippen LogP contribution in [-0.4, -0.2) is 65.3 Å². The molecular formula is C16H19FN2O4. The standard InChI is InChI=1S/C16H19FN2O4/c1-18-8-6-16(7-9-18)19(13(10-23-16)15(21)22)14(20)11-4-2-3-5-12(11)17/h2-5,13H,6-10H2,1H3,(H,21,22). The lowest BCUT2D eigenvalue weighted by atomic mass is 9.97. The number of benzene rings is 1. The summed E-state index contributed by atoms with van der Waals surface area (Å²) in [5.41, 5.74) is -1.09. The first-order chi connectivity index (χ1) is 10.9. The van der Waals surface area contributed by atoms with Gasteiger partial charge in [-0.2, -0.15) is 0 Å². The number of carbonyl (C=O) groups is 2. The summed E-state index contributed by atoms with van der Waals surface area (Å²) in [6.07, 6.45) is 1.01. The lowest BCUT2D eigenvalue weighted by molar-refractivity contribution is -0.143. The van der Waals surface area contributed by atoms with Crippen LogP contribution in [-0.2, 0) is 9.53 Å². The molecule has 1 N–H and O–H groups in total. The molecule has 1 aromatic rings. The highest BCUT2D eigenvalue weighted by Gasteiger charge is 2.54. The monoisotopic (exact) mass is 322 g/mol. The number of amides is 1. The third kappa shape index (κ3) is 2.70. The molecule has 1 unspecified atom stereocenters. The molecule has 2 heterocycles. The van der Waals surface area contributed by atoms with Crippen molar-refractivity contribution in [2.75, 3.05) is 26.7 Å². The minimum Gasteiger partial charge on any atom is -0.480 e. The van der Waals surface area contributed by atoms with Crippen LogP contribution in [0.5, 0.6) is 0 Å². The van der Waals surface area contributed by atoms with Crippen molar-refractivity contribution < 1.29 is 23.8 Å². The Hall–Kier alpha value is -1.99. The highest BCUT2D eigenvalue weighted by atomic mass is 19.1. The number of rotatable bonds is 2. The summed E-state index contributed by atoms with van der Waals surface area (Å²) in [7, 11) is 1.96. The van der Waals surface area contributed by atoms with Crippen molar-refractivity contribution in [2.45, 2.75) is 24.6 Å². The highest BCUT2D eigenvalue weighted by molar-refractivity contribution is 5.97. The molecule has 7 heteroatoms. The number of carboxylic acids is 1. The normalized spacial score (nSPS) is 24.1.